The molecule has 0 aliphatic heterocycles. The minimum atomic E-state index is -0.463. The predicted molar refractivity (Wildman–Crippen MR) is 148 cm³/mol. The van der Waals surface area contributed by atoms with Crippen molar-refractivity contribution < 1.29 is 14.1 Å². The maximum absolute atomic E-state index is 12.5. The Morgan fingerprint density at radius 1 is 1.03 bits per heavy atom. The van der Waals surface area contributed by atoms with Crippen LogP contribution in [0.5, 0.6) is 0 Å². The van der Waals surface area contributed by atoms with E-state index in [4.69, 9.17) is 4.42 Å². The van der Waals surface area contributed by atoms with Crippen LogP contribution >= 0.6 is 11.3 Å². The number of hydrazone groups is 1. The van der Waals surface area contributed by atoms with Crippen molar-refractivity contribution in [3.63, 3.8) is 0 Å². The monoisotopic (exact) mass is 523 g/mol. The maximum atomic E-state index is 12.5. The lowest BCUT2D eigenvalue weighted by Gasteiger charge is -2.03. The minimum absolute atomic E-state index is 0.0264. The summed E-state index contributed by atoms with van der Waals surface area (Å²) in [6.45, 7) is 2.04. The molecule has 0 bridgehead atoms. The highest BCUT2D eigenvalue weighted by atomic mass is 32.1. The van der Waals surface area contributed by atoms with Gasteiger partial charge in [0.15, 0.2) is 5.13 Å². The summed E-state index contributed by atoms with van der Waals surface area (Å²) in [5.41, 5.74) is 7.32. The number of aryl methyl sites for hydroxylation is 1. The fourth-order valence-electron chi connectivity index (χ4n) is 3.59. The van der Waals surface area contributed by atoms with Gasteiger partial charge in [-0.25, -0.2) is 10.4 Å². The number of aromatic nitrogens is 1. The lowest BCUT2D eigenvalue weighted by Crippen LogP contribution is -2.17. The van der Waals surface area contributed by atoms with Crippen LogP contribution in [0.2, 0.25) is 0 Å². The summed E-state index contributed by atoms with van der Waals surface area (Å²) in [7, 11) is 0. The Hall–Kier alpha value is -5.09. The van der Waals surface area contributed by atoms with Crippen molar-refractivity contribution in [2.45, 2.75) is 6.92 Å². The van der Waals surface area contributed by atoms with Crippen LogP contribution in [0.15, 0.2) is 99.8 Å². The molecule has 0 radical (unpaired) electrons. The van der Waals surface area contributed by atoms with Crippen LogP contribution in [-0.4, -0.2) is 22.0 Å². The van der Waals surface area contributed by atoms with Gasteiger partial charge in [-0.1, -0.05) is 42.0 Å². The predicted octanol–water partition coefficient (Wildman–Crippen LogP) is 6.79. The second kappa shape index (κ2) is 10.9. The molecule has 0 saturated heterocycles. The summed E-state index contributed by atoms with van der Waals surface area (Å²) in [5, 5.41) is 21.0. The third-order valence-corrected chi connectivity index (χ3v) is 6.33. The molecule has 10 heteroatoms. The van der Waals surface area contributed by atoms with Gasteiger partial charge in [0.1, 0.15) is 11.5 Å². The Morgan fingerprint density at radius 3 is 2.58 bits per heavy atom. The first-order valence-corrected chi connectivity index (χ1v) is 12.4. The van der Waals surface area contributed by atoms with Crippen molar-refractivity contribution in [2.24, 2.45) is 5.10 Å². The molecule has 1 amide bonds. The highest BCUT2D eigenvalue weighted by Crippen LogP contribution is 2.28. The zero-order valence-electron chi connectivity index (χ0n) is 20.1. The normalized spacial score (nSPS) is 11.0. The number of nitro benzene ring substituents is 1. The van der Waals surface area contributed by atoms with Gasteiger partial charge in [-0.3, -0.25) is 14.9 Å². The van der Waals surface area contributed by atoms with Gasteiger partial charge in [0.2, 0.25) is 0 Å². The zero-order chi connectivity index (χ0) is 26.5. The summed E-state index contributed by atoms with van der Waals surface area (Å²) in [6.07, 6.45) is 1.37. The number of anilines is 2. The van der Waals surface area contributed by atoms with Gasteiger partial charge in [-0.05, 0) is 43.3 Å². The fourth-order valence-corrected chi connectivity index (χ4v) is 4.33. The number of non-ortho nitro benzene ring substituents is 1. The molecule has 2 N–H and O–H groups in total. The Morgan fingerprint density at radius 2 is 1.82 bits per heavy atom. The summed E-state index contributed by atoms with van der Waals surface area (Å²) < 4.78 is 5.67. The van der Waals surface area contributed by atoms with Crippen LogP contribution in [0.3, 0.4) is 0 Å². The highest BCUT2D eigenvalue weighted by molar-refractivity contribution is 7.14. The Labute approximate surface area is 221 Å². The summed E-state index contributed by atoms with van der Waals surface area (Å²) >= 11 is 1.51. The quantitative estimate of drug-likeness (QED) is 0.131. The van der Waals surface area contributed by atoms with Crippen LogP contribution in [-0.2, 0) is 0 Å². The standard InChI is InChI=1S/C28H21N5O4S/c1-18-5-11-22(12-6-18)30-28-31-25(17-38-28)19-7-9-20(10-8-19)27(34)32-29-16-24-13-14-26(37-24)21-3-2-4-23(15-21)33(35)36/h2-17H,1H3,(H,30,31)(H,32,34)/b29-16-. The average Bonchev–Trinajstić information content (AvgIpc) is 3.60. The van der Waals surface area contributed by atoms with Gasteiger partial charge < -0.3 is 9.73 Å². The van der Waals surface area contributed by atoms with Gasteiger partial charge in [-0.15, -0.1) is 11.3 Å². The van der Waals surface area contributed by atoms with Crippen LogP contribution in [0.1, 0.15) is 21.7 Å². The second-order valence-corrected chi connectivity index (χ2v) is 9.17. The van der Waals surface area contributed by atoms with Crippen molar-refractivity contribution in [3.05, 3.63) is 117 Å². The Bertz CT molecular complexity index is 1620. The number of hydrogen-bond donors (Lipinski definition) is 2. The molecule has 0 unspecified atom stereocenters. The van der Waals surface area contributed by atoms with E-state index in [1.54, 1.807) is 36.4 Å². The molecule has 5 aromatic rings. The Balaban J connectivity index is 1.18. The third kappa shape index (κ3) is 5.82. The molecule has 0 fully saturated rings. The summed E-state index contributed by atoms with van der Waals surface area (Å²) in [4.78, 5) is 27.7. The topological polar surface area (TPSA) is 123 Å². The molecular weight excluding hydrogens is 502 g/mol. The molecular formula is C28H21N5O4S. The van der Waals surface area contributed by atoms with E-state index in [1.807, 2.05) is 48.7 Å². The van der Waals surface area contributed by atoms with E-state index in [0.29, 0.717) is 22.6 Å². The first-order chi connectivity index (χ1) is 18.4. The van der Waals surface area contributed by atoms with Crippen molar-refractivity contribution >= 4 is 40.0 Å². The second-order valence-electron chi connectivity index (χ2n) is 8.31. The number of thiazole rings is 1. The summed E-state index contributed by atoms with van der Waals surface area (Å²) in [5.74, 6) is 0.468. The maximum Gasteiger partial charge on any atom is 0.271 e. The zero-order valence-corrected chi connectivity index (χ0v) is 20.9. The van der Waals surface area contributed by atoms with Crippen molar-refractivity contribution in [1.82, 2.24) is 10.4 Å². The number of carbonyl (C=O) groups excluding carboxylic acids is 1. The molecule has 0 aliphatic carbocycles. The summed E-state index contributed by atoms with van der Waals surface area (Å²) in [6, 6.07) is 24.7. The molecule has 0 saturated carbocycles. The molecule has 2 heterocycles. The number of hydrogen-bond acceptors (Lipinski definition) is 8. The van der Waals surface area contributed by atoms with Gasteiger partial charge in [0, 0.05) is 39.9 Å². The van der Waals surface area contributed by atoms with E-state index in [9.17, 15) is 14.9 Å². The van der Waals surface area contributed by atoms with Gasteiger partial charge in [0.05, 0.1) is 16.8 Å². The highest BCUT2D eigenvalue weighted by Gasteiger charge is 2.11. The van der Waals surface area contributed by atoms with Crippen LogP contribution in [0.25, 0.3) is 22.6 Å². The molecule has 0 atom stereocenters. The Kier molecular flexibility index (Phi) is 7.05. The van der Waals surface area contributed by atoms with Crippen molar-refractivity contribution in [3.8, 4) is 22.6 Å². The number of furan rings is 1. The third-order valence-electron chi connectivity index (χ3n) is 5.58. The lowest BCUT2D eigenvalue weighted by atomic mass is 10.1. The number of amides is 1. The molecule has 2 aromatic heterocycles. The van der Waals surface area contributed by atoms with Crippen LogP contribution < -0.4 is 10.7 Å². The van der Waals surface area contributed by atoms with Crippen molar-refractivity contribution in [1.29, 1.82) is 0 Å². The fraction of sp³-hybridized carbons (Fsp3) is 0.0357. The van der Waals surface area contributed by atoms with E-state index in [-0.39, 0.29) is 11.6 Å². The molecule has 5 rings (SSSR count). The van der Waals surface area contributed by atoms with Gasteiger partial charge in [0.25, 0.3) is 11.6 Å². The van der Waals surface area contributed by atoms with Gasteiger partial charge >= 0.3 is 0 Å². The van der Waals surface area contributed by atoms with E-state index in [1.165, 1.54) is 35.2 Å². The number of carbonyl (C=O) groups is 1. The lowest BCUT2D eigenvalue weighted by molar-refractivity contribution is -0.384. The molecule has 0 aliphatic rings. The van der Waals surface area contributed by atoms with Crippen molar-refractivity contribution in [2.75, 3.05) is 5.32 Å². The number of nitrogens with one attached hydrogen (secondary N) is 2. The number of rotatable bonds is 8. The van der Waals surface area contributed by atoms with Crippen LogP contribution in [0, 0.1) is 17.0 Å². The smallest absolute Gasteiger partial charge is 0.271 e. The van der Waals surface area contributed by atoms with Gasteiger partial charge in [-0.2, -0.15) is 5.10 Å². The molecule has 3 aromatic carbocycles. The van der Waals surface area contributed by atoms with E-state index in [0.717, 1.165) is 22.1 Å². The van der Waals surface area contributed by atoms with E-state index in [2.05, 4.69) is 20.8 Å². The molecule has 38 heavy (non-hydrogen) atoms. The number of benzene rings is 3. The molecule has 188 valence electrons. The van der Waals surface area contributed by atoms with E-state index >= 15 is 0 Å². The first kappa shape index (κ1) is 24.6. The SMILES string of the molecule is Cc1ccc(Nc2nc(-c3ccc(C(=O)N/N=C\c4ccc(-c5cccc([N+](=O)[O-])c5)o4)cc3)cs2)cc1. The van der Waals surface area contributed by atoms with Crippen LogP contribution in [0.4, 0.5) is 16.5 Å². The molecule has 0 spiro atoms. The first-order valence-electron chi connectivity index (χ1n) is 11.5. The minimum Gasteiger partial charge on any atom is -0.455 e. The number of nitro groups is 1. The van der Waals surface area contributed by atoms with E-state index < -0.39 is 4.92 Å². The molecule has 9 nitrogen and oxygen atoms in total. The number of nitrogens with zero attached hydrogens (tertiary/aromatic N) is 3. The largest absolute Gasteiger partial charge is 0.455 e. The average molecular weight is 524 g/mol.